The smallest absolute Gasteiger partial charge is 0.254 e. The van der Waals surface area contributed by atoms with Gasteiger partial charge < -0.3 is 20.5 Å². The minimum atomic E-state index is -0.950. The van der Waals surface area contributed by atoms with E-state index in [0.29, 0.717) is 44.0 Å². The zero-order chi connectivity index (χ0) is 21.0. The van der Waals surface area contributed by atoms with Gasteiger partial charge in [0.25, 0.3) is 5.91 Å². The Morgan fingerprint density at radius 3 is 2.47 bits per heavy atom. The van der Waals surface area contributed by atoms with Crippen molar-refractivity contribution in [1.82, 2.24) is 9.80 Å². The van der Waals surface area contributed by atoms with Gasteiger partial charge in [-0.25, -0.2) is 0 Å². The van der Waals surface area contributed by atoms with Crippen molar-refractivity contribution in [1.29, 1.82) is 0 Å². The lowest BCUT2D eigenvalue weighted by Gasteiger charge is -2.48. The van der Waals surface area contributed by atoms with Gasteiger partial charge in [-0.2, -0.15) is 0 Å². The highest BCUT2D eigenvalue weighted by molar-refractivity contribution is 5.94. The van der Waals surface area contributed by atoms with Crippen LogP contribution in [0.2, 0.25) is 0 Å². The lowest BCUT2D eigenvalue weighted by Crippen LogP contribution is -2.61. The van der Waals surface area contributed by atoms with Crippen molar-refractivity contribution in [2.75, 3.05) is 39.3 Å². The lowest BCUT2D eigenvalue weighted by molar-refractivity contribution is -0.0878. The summed E-state index contributed by atoms with van der Waals surface area (Å²) in [6.45, 7) is 3.80. The minimum absolute atomic E-state index is 0. The molecule has 2 atom stereocenters. The van der Waals surface area contributed by atoms with Crippen molar-refractivity contribution in [2.45, 2.75) is 30.9 Å². The first-order valence-corrected chi connectivity index (χ1v) is 10.9. The summed E-state index contributed by atoms with van der Waals surface area (Å²) in [5.41, 5.74) is 6.10. The molecule has 3 N–H and O–H groups in total. The van der Waals surface area contributed by atoms with Crippen molar-refractivity contribution in [3.63, 3.8) is 0 Å². The number of likely N-dealkylation sites (tertiary alicyclic amines) is 2. The summed E-state index contributed by atoms with van der Waals surface area (Å²) < 4.78 is 5.58. The Morgan fingerprint density at radius 1 is 1.06 bits per heavy atom. The van der Waals surface area contributed by atoms with Crippen molar-refractivity contribution < 1.29 is 14.6 Å². The van der Waals surface area contributed by atoms with Gasteiger partial charge in [-0.05, 0) is 56.1 Å². The molecule has 2 aromatic carbocycles. The van der Waals surface area contributed by atoms with Gasteiger partial charge in [0, 0.05) is 25.2 Å². The topological polar surface area (TPSA) is 79.0 Å². The van der Waals surface area contributed by atoms with Gasteiger partial charge in [-0.3, -0.25) is 9.69 Å². The third-order valence-electron chi connectivity index (χ3n) is 6.32. The van der Waals surface area contributed by atoms with Crippen LogP contribution >= 0.6 is 24.8 Å². The molecule has 0 aromatic heterocycles. The molecule has 2 aliphatic heterocycles. The third kappa shape index (κ3) is 5.56. The van der Waals surface area contributed by atoms with Gasteiger partial charge in [0.05, 0.1) is 6.04 Å². The van der Waals surface area contributed by atoms with Crippen molar-refractivity contribution >= 4 is 30.7 Å². The molecule has 0 saturated carbocycles. The second kappa shape index (κ2) is 11.9. The Kier molecular flexibility index (Phi) is 9.80. The van der Waals surface area contributed by atoms with Crippen LogP contribution in [0.3, 0.4) is 0 Å². The van der Waals surface area contributed by atoms with Crippen LogP contribution in [-0.2, 0) is 5.60 Å². The molecule has 2 heterocycles. The fourth-order valence-electron chi connectivity index (χ4n) is 4.72. The molecule has 0 radical (unpaired) electrons. The molecular weight excluding hydrogens is 449 g/mol. The number of hydrogen-bond acceptors (Lipinski definition) is 5. The van der Waals surface area contributed by atoms with Crippen LogP contribution < -0.4 is 10.5 Å². The molecule has 4 rings (SSSR count). The van der Waals surface area contributed by atoms with E-state index in [2.05, 4.69) is 4.90 Å². The second-order valence-corrected chi connectivity index (χ2v) is 8.22. The number of benzene rings is 2. The number of nitrogens with two attached hydrogens (primary N) is 1. The average molecular weight is 482 g/mol. The maximum absolute atomic E-state index is 13.3. The van der Waals surface area contributed by atoms with Crippen LogP contribution in [0.1, 0.15) is 35.2 Å². The first-order chi connectivity index (χ1) is 14.6. The number of carbonyl (C=O) groups is 1. The molecule has 2 aliphatic rings. The average Bonchev–Trinajstić information content (AvgIpc) is 3.33. The predicted molar refractivity (Wildman–Crippen MR) is 131 cm³/mol. The van der Waals surface area contributed by atoms with Crippen molar-refractivity contribution in [3.05, 3.63) is 65.7 Å². The van der Waals surface area contributed by atoms with Crippen molar-refractivity contribution in [2.24, 2.45) is 5.73 Å². The monoisotopic (exact) mass is 481 g/mol. The number of ether oxygens (including phenoxy) is 1. The molecule has 2 aromatic rings. The van der Waals surface area contributed by atoms with Crippen molar-refractivity contribution in [3.8, 4) is 5.75 Å². The van der Waals surface area contributed by atoms with E-state index in [-0.39, 0.29) is 36.8 Å². The largest absolute Gasteiger partial charge is 0.492 e. The third-order valence-corrected chi connectivity index (χ3v) is 6.32. The van der Waals surface area contributed by atoms with Crippen LogP contribution in [-0.4, -0.2) is 66.2 Å². The Labute approximate surface area is 202 Å². The predicted octanol–water partition coefficient (Wildman–Crippen LogP) is 3.07. The van der Waals surface area contributed by atoms with Crippen LogP contribution in [0.5, 0.6) is 5.75 Å². The lowest BCUT2D eigenvalue weighted by atomic mass is 9.79. The quantitative estimate of drug-likeness (QED) is 0.662. The highest BCUT2D eigenvalue weighted by atomic mass is 35.5. The highest BCUT2D eigenvalue weighted by Crippen LogP contribution is 2.37. The van der Waals surface area contributed by atoms with Crippen LogP contribution in [0.15, 0.2) is 54.6 Å². The van der Waals surface area contributed by atoms with E-state index < -0.39 is 5.60 Å². The summed E-state index contributed by atoms with van der Waals surface area (Å²) in [6.07, 6.45) is 2.79. The number of aliphatic hydroxyl groups is 1. The van der Waals surface area contributed by atoms with Gasteiger partial charge in [0.15, 0.2) is 0 Å². The molecule has 8 heteroatoms. The molecule has 1 amide bonds. The number of carbonyl (C=O) groups excluding carboxylic acids is 1. The van der Waals surface area contributed by atoms with Crippen LogP contribution in [0.4, 0.5) is 0 Å². The Bertz CT molecular complexity index is 865. The minimum Gasteiger partial charge on any atom is -0.492 e. The van der Waals surface area contributed by atoms with E-state index in [9.17, 15) is 9.90 Å². The van der Waals surface area contributed by atoms with E-state index in [0.717, 1.165) is 31.5 Å². The Balaban J connectivity index is 0.00000181. The summed E-state index contributed by atoms with van der Waals surface area (Å²) in [6, 6.07) is 17.1. The van der Waals surface area contributed by atoms with E-state index in [1.54, 1.807) is 6.07 Å². The summed E-state index contributed by atoms with van der Waals surface area (Å²) in [5.74, 6) is 0.632. The van der Waals surface area contributed by atoms with E-state index in [1.165, 1.54) is 0 Å². The molecule has 6 nitrogen and oxygen atoms in total. The SMILES string of the molecule is Cl.Cl.NCCOc1cccc(C(=O)N2CC[C@](O)(c3ccccc3)[C@H](N3CCCC3)C2)c1. The highest BCUT2D eigenvalue weighted by Gasteiger charge is 2.47. The van der Waals surface area contributed by atoms with Crippen LogP contribution in [0.25, 0.3) is 0 Å². The number of amides is 1. The fraction of sp³-hybridized carbons (Fsp3) is 0.458. The van der Waals surface area contributed by atoms with E-state index in [1.807, 2.05) is 53.4 Å². The van der Waals surface area contributed by atoms with E-state index in [4.69, 9.17) is 10.5 Å². The summed E-state index contributed by atoms with van der Waals surface area (Å²) in [7, 11) is 0. The second-order valence-electron chi connectivity index (χ2n) is 8.22. The van der Waals surface area contributed by atoms with Gasteiger partial charge in [-0.15, -0.1) is 24.8 Å². The number of piperidine rings is 1. The van der Waals surface area contributed by atoms with E-state index >= 15 is 0 Å². The Morgan fingerprint density at radius 2 is 1.78 bits per heavy atom. The standard InChI is InChI=1S/C24H31N3O3.2ClH/c25-12-16-30-21-10-6-7-19(17-21)23(28)27-15-11-24(29,20-8-2-1-3-9-20)22(18-27)26-13-4-5-14-26;;/h1-3,6-10,17,22,29H,4-5,11-16,18,25H2;2*1H/t22-,24+;;/m1../s1. The fourth-order valence-corrected chi connectivity index (χ4v) is 4.72. The summed E-state index contributed by atoms with van der Waals surface area (Å²) in [5, 5.41) is 11.8. The summed E-state index contributed by atoms with van der Waals surface area (Å²) >= 11 is 0. The van der Waals surface area contributed by atoms with Gasteiger partial charge in [-0.1, -0.05) is 36.4 Å². The molecule has 0 bridgehead atoms. The molecule has 32 heavy (non-hydrogen) atoms. The number of rotatable bonds is 6. The molecule has 176 valence electrons. The maximum atomic E-state index is 13.3. The maximum Gasteiger partial charge on any atom is 0.254 e. The zero-order valence-corrected chi connectivity index (χ0v) is 19.8. The number of hydrogen-bond donors (Lipinski definition) is 2. The normalized spacial score (nSPS) is 23.2. The number of nitrogens with zero attached hydrogens (tertiary/aromatic N) is 2. The van der Waals surface area contributed by atoms with Gasteiger partial charge >= 0.3 is 0 Å². The molecule has 0 spiro atoms. The first-order valence-electron chi connectivity index (χ1n) is 10.9. The number of halogens is 2. The van der Waals surface area contributed by atoms with Gasteiger partial charge in [0.2, 0.25) is 0 Å². The van der Waals surface area contributed by atoms with Gasteiger partial charge in [0.1, 0.15) is 18.0 Å². The van der Waals surface area contributed by atoms with Crippen LogP contribution in [0, 0.1) is 0 Å². The molecule has 0 aliphatic carbocycles. The molecule has 0 unspecified atom stereocenters. The zero-order valence-electron chi connectivity index (χ0n) is 18.2. The molecular formula is C24H33Cl2N3O3. The Hall–Kier alpha value is -1.83. The summed E-state index contributed by atoms with van der Waals surface area (Å²) in [4.78, 5) is 17.5. The molecule has 2 fully saturated rings. The molecule has 2 saturated heterocycles. The first kappa shape index (κ1) is 26.4.